The Morgan fingerprint density at radius 3 is 2.41 bits per heavy atom. The van der Waals surface area contributed by atoms with Gasteiger partial charge in [0.1, 0.15) is 0 Å². The number of hydrogen-bond acceptors (Lipinski definition) is 5. The molecule has 1 aliphatic heterocycles. The number of fused-ring (bicyclic) bond motifs is 1. The second kappa shape index (κ2) is 8.68. The van der Waals surface area contributed by atoms with E-state index in [0.29, 0.717) is 34.4 Å². The minimum atomic E-state index is -3.11. The van der Waals surface area contributed by atoms with Crippen molar-refractivity contribution in [1.29, 1.82) is 0 Å². The van der Waals surface area contributed by atoms with Crippen LogP contribution in [-0.2, 0) is 9.84 Å². The Balaban J connectivity index is 1.63. The zero-order chi connectivity index (χ0) is 23.9. The molecule has 2 atom stereocenters. The highest BCUT2D eigenvalue weighted by Crippen LogP contribution is 2.32. The Morgan fingerprint density at radius 1 is 1.09 bits per heavy atom. The van der Waals surface area contributed by atoms with Crippen molar-refractivity contribution in [2.24, 2.45) is 0 Å². The van der Waals surface area contributed by atoms with Gasteiger partial charge in [0.15, 0.2) is 15.5 Å². The summed E-state index contributed by atoms with van der Waals surface area (Å²) in [5.74, 6) is -0.0478. The normalized spacial score (nSPS) is 18.1. The van der Waals surface area contributed by atoms with Crippen molar-refractivity contribution in [3.8, 4) is 11.3 Å². The molecule has 1 fully saturated rings. The quantitative estimate of drug-likeness (QED) is 0.467. The molecule has 174 valence electrons. The van der Waals surface area contributed by atoms with Crippen LogP contribution in [0.2, 0.25) is 0 Å². The predicted octanol–water partition coefficient (Wildman–Crippen LogP) is 4.26. The summed E-state index contributed by atoms with van der Waals surface area (Å²) in [5, 5.41) is 8.42. The van der Waals surface area contributed by atoms with Gasteiger partial charge in [-0.15, -0.1) is 0 Å². The van der Waals surface area contributed by atoms with E-state index in [-0.39, 0.29) is 29.5 Å². The number of pyridine rings is 1. The summed E-state index contributed by atoms with van der Waals surface area (Å²) in [6, 6.07) is 20.8. The molecule has 1 amide bonds. The van der Waals surface area contributed by atoms with Gasteiger partial charge in [0.05, 0.1) is 45.9 Å². The van der Waals surface area contributed by atoms with Crippen molar-refractivity contribution in [3.63, 3.8) is 0 Å². The van der Waals surface area contributed by atoms with Crippen LogP contribution in [0.5, 0.6) is 0 Å². The summed E-state index contributed by atoms with van der Waals surface area (Å²) in [6.45, 7) is 3.78. The molecule has 4 aromatic rings. The summed E-state index contributed by atoms with van der Waals surface area (Å²) in [7, 11) is -3.11. The lowest BCUT2D eigenvalue weighted by molar-refractivity contribution is 0.0941. The highest BCUT2D eigenvalue weighted by Gasteiger charge is 2.32. The number of hydrogen-bond donors (Lipinski definition) is 1. The maximum Gasteiger partial charge on any atom is 0.252 e. The molecule has 0 unspecified atom stereocenters. The highest BCUT2D eigenvalue weighted by atomic mass is 32.2. The Kier molecular flexibility index (Phi) is 5.69. The summed E-state index contributed by atoms with van der Waals surface area (Å²) < 4.78 is 26.0. The fraction of sp³-hybridized carbons (Fsp3) is 0.269. The third-order valence-corrected chi connectivity index (χ3v) is 8.10. The first-order valence-electron chi connectivity index (χ1n) is 11.3. The number of benzene rings is 2. The number of sulfone groups is 1. The zero-order valence-corrected chi connectivity index (χ0v) is 19.9. The number of amides is 1. The van der Waals surface area contributed by atoms with E-state index in [9.17, 15) is 13.2 Å². The average molecular weight is 475 g/mol. The molecule has 7 nitrogen and oxygen atoms in total. The number of nitrogens with zero attached hydrogens (tertiary/aromatic N) is 3. The molecule has 0 radical (unpaired) electrons. The number of carbonyl (C=O) groups excluding carboxylic acids is 1. The van der Waals surface area contributed by atoms with Gasteiger partial charge in [0, 0.05) is 5.56 Å². The first kappa shape index (κ1) is 22.3. The van der Waals surface area contributed by atoms with Gasteiger partial charge < -0.3 is 5.32 Å². The van der Waals surface area contributed by atoms with Crippen LogP contribution in [0.4, 0.5) is 0 Å². The van der Waals surface area contributed by atoms with Crippen LogP contribution in [-0.4, -0.2) is 40.6 Å². The third kappa shape index (κ3) is 4.21. The molecule has 0 saturated carbocycles. The van der Waals surface area contributed by atoms with Gasteiger partial charge in [-0.3, -0.25) is 4.79 Å². The fourth-order valence-electron chi connectivity index (χ4n) is 4.57. The Bertz CT molecular complexity index is 1460. The lowest BCUT2D eigenvalue weighted by Crippen LogP contribution is -2.27. The maximum atomic E-state index is 13.5. The minimum absolute atomic E-state index is 0.0348. The average Bonchev–Trinajstić information content (AvgIpc) is 3.38. The molecule has 0 aliphatic carbocycles. The number of carbonyl (C=O) groups is 1. The summed E-state index contributed by atoms with van der Waals surface area (Å²) in [6.07, 6.45) is 0.488. The molecule has 0 spiro atoms. The second-order valence-corrected chi connectivity index (χ2v) is 11.0. The SMILES string of the molecule is Cc1nn([C@H]2CCS(=O)(=O)C2)c2nc(-c3ccccc3)cc(C(=O)N[C@H](C)c3ccccc3)c12. The minimum Gasteiger partial charge on any atom is -0.345 e. The Morgan fingerprint density at radius 2 is 1.76 bits per heavy atom. The van der Waals surface area contributed by atoms with E-state index in [1.165, 1.54) is 0 Å². The summed E-state index contributed by atoms with van der Waals surface area (Å²) in [5.41, 5.74) is 4.21. The van der Waals surface area contributed by atoms with Gasteiger partial charge >= 0.3 is 0 Å². The highest BCUT2D eigenvalue weighted by molar-refractivity contribution is 7.91. The van der Waals surface area contributed by atoms with Gasteiger partial charge in [0.2, 0.25) is 0 Å². The maximum absolute atomic E-state index is 13.5. The van der Waals surface area contributed by atoms with E-state index in [1.807, 2.05) is 74.5 Å². The number of rotatable bonds is 5. The van der Waals surface area contributed by atoms with Crippen molar-refractivity contribution >= 4 is 26.8 Å². The van der Waals surface area contributed by atoms with Crippen molar-refractivity contribution in [3.05, 3.63) is 83.6 Å². The molecular weight excluding hydrogens is 448 g/mol. The predicted molar refractivity (Wildman–Crippen MR) is 132 cm³/mol. The van der Waals surface area contributed by atoms with Crippen LogP contribution in [0.25, 0.3) is 22.3 Å². The molecule has 5 rings (SSSR count). The molecule has 3 heterocycles. The number of nitrogens with one attached hydrogen (secondary N) is 1. The van der Waals surface area contributed by atoms with E-state index in [0.717, 1.165) is 11.1 Å². The molecule has 0 bridgehead atoms. The van der Waals surface area contributed by atoms with Crippen molar-refractivity contribution in [2.45, 2.75) is 32.4 Å². The van der Waals surface area contributed by atoms with Crippen LogP contribution in [0.3, 0.4) is 0 Å². The summed E-state index contributed by atoms with van der Waals surface area (Å²) in [4.78, 5) is 18.4. The van der Waals surface area contributed by atoms with E-state index >= 15 is 0 Å². The van der Waals surface area contributed by atoms with Gasteiger partial charge in [-0.25, -0.2) is 18.1 Å². The summed E-state index contributed by atoms with van der Waals surface area (Å²) >= 11 is 0. The largest absolute Gasteiger partial charge is 0.345 e. The molecule has 1 saturated heterocycles. The van der Waals surface area contributed by atoms with Gasteiger partial charge in [0.25, 0.3) is 5.91 Å². The number of aromatic nitrogens is 3. The molecule has 1 N–H and O–H groups in total. The molecule has 1 aliphatic rings. The molecule has 2 aromatic heterocycles. The Hall–Kier alpha value is -3.52. The van der Waals surface area contributed by atoms with Gasteiger partial charge in [-0.05, 0) is 31.9 Å². The van der Waals surface area contributed by atoms with E-state index in [1.54, 1.807) is 10.7 Å². The standard InChI is InChI=1S/C26H26N4O3S/c1-17(19-9-5-3-6-10-19)27-26(31)22-15-23(20-11-7-4-8-12-20)28-25-24(22)18(2)29-30(25)21-13-14-34(32,33)16-21/h3-12,15,17,21H,13-14,16H2,1-2H3,(H,27,31)/t17-,21+/m1/s1. The van der Waals surface area contributed by atoms with Crippen LogP contribution in [0, 0.1) is 6.92 Å². The van der Waals surface area contributed by atoms with Crippen LogP contribution < -0.4 is 5.32 Å². The van der Waals surface area contributed by atoms with Crippen LogP contribution in [0.15, 0.2) is 66.7 Å². The second-order valence-electron chi connectivity index (χ2n) is 8.81. The zero-order valence-electron chi connectivity index (χ0n) is 19.1. The molecule has 34 heavy (non-hydrogen) atoms. The van der Waals surface area contributed by atoms with Crippen molar-refractivity contribution in [1.82, 2.24) is 20.1 Å². The fourth-order valence-corrected chi connectivity index (χ4v) is 6.26. The molecular formula is C26H26N4O3S. The van der Waals surface area contributed by atoms with E-state index < -0.39 is 9.84 Å². The smallest absolute Gasteiger partial charge is 0.252 e. The van der Waals surface area contributed by atoms with Crippen LogP contribution >= 0.6 is 0 Å². The first-order chi connectivity index (χ1) is 16.3. The van der Waals surface area contributed by atoms with Crippen LogP contribution in [0.1, 0.15) is 47.0 Å². The monoisotopic (exact) mass is 474 g/mol. The lowest BCUT2D eigenvalue weighted by Gasteiger charge is -2.16. The number of aryl methyl sites for hydroxylation is 1. The Labute approximate surface area is 198 Å². The lowest BCUT2D eigenvalue weighted by atomic mass is 10.0. The van der Waals surface area contributed by atoms with E-state index in [4.69, 9.17) is 4.98 Å². The van der Waals surface area contributed by atoms with Crippen molar-refractivity contribution in [2.75, 3.05) is 11.5 Å². The first-order valence-corrected chi connectivity index (χ1v) is 13.2. The van der Waals surface area contributed by atoms with Gasteiger partial charge in [-0.2, -0.15) is 5.10 Å². The van der Waals surface area contributed by atoms with E-state index in [2.05, 4.69) is 10.4 Å². The van der Waals surface area contributed by atoms with Gasteiger partial charge in [-0.1, -0.05) is 60.7 Å². The van der Waals surface area contributed by atoms with Crippen molar-refractivity contribution < 1.29 is 13.2 Å². The third-order valence-electron chi connectivity index (χ3n) is 6.35. The topological polar surface area (TPSA) is 93.9 Å². The molecule has 2 aromatic carbocycles. The molecule has 8 heteroatoms.